The van der Waals surface area contributed by atoms with Crippen molar-refractivity contribution >= 4 is 21.5 Å². The van der Waals surface area contributed by atoms with E-state index in [0.717, 1.165) is 5.56 Å². The third-order valence-corrected chi connectivity index (χ3v) is 3.59. The lowest BCUT2D eigenvalue weighted by Gasteiger charge is -2.06. The Hall–Kier alpha value is -2.09. The minimum atomic E-state index is -3.45. The van der Waals surface area contributed by atoms with Crippen LogP contribution in [0.5, 0.6) is 0 Å². The molecule has 0 saturated heterocycles. The fourth-order valence-corrected chi connectivity index (χ4v) is 2.47. The summed E-state index contributed by atoms with van der Waals surface area (Å²) in [5, 5.41) is 6.12. The molecule has 8 heteroatoms. The Kier molecular flexibility index (Phi) is 3.47. The summed E-state index contributed by atoms with van der Waals surface area (Å²) in [6.07, 6.45) is 5.01. The second-order valence-electron chi connectivity index (χ2n) is 3.73. The number of nitrogens with two attached hydrogens (primary N) is 1. The highest BCUT2D eigenvalue weighted by atomic mass is 32.2. The molecule has 0 saturated carbocycles. The van der Waals surface area contributed by atoms with E-state index in [9.17, 15) is 8.42 Å². The third kappa shape index (κ3) is 3.20. The van der Waals surface area contributed by atoms with Gasteiger partial charge in [-0.15, -0.1) is 0 Å². The maximum absolute atomic E-state index is 11.8. The molecule has 0 aromatic carbocycles. The number of aromatic nitrogens is 3. The third-order valence-electron chi connectivity index (χ3n) is 2.34. The van der Waals surface area contributed by atoms with E-state index < -0.39 is 10.0 Å². The number of nitrogens with one attached hydrogen (secondary N) is 2. The van der Waals surface area contributed by atoms with E-state index in [1.807, 2.05) is 0 Å². The predicted molar refractivity (Wildman–Crippen MR) is 68.4 cm³/mol. The molecule has 0 fully saturated rings. The average molecular weight is 267 g/mol. The zero-order valence-electron chi connectivity index (χ0n) is 9.50. The fraction of sp³-hybridized carbons (Fsp3) is 0.200. The van der Waals surface area contributed by atoms with Crippen LogP contribution < -0.4 is 10.5 Å². The molecule has 0 spiro atoms. The molecular formula is C10H13N5O2S. The van der Waals surface area contributed by atoms with Gasteiger partial charge < -0.3 is 5.73 Å². The van der Waals surface area contributed by atoms with Crippen molar-refractivity contribution in [3.63, 3.8) is 0 Å². The molecule has 7 nitrogen and oxygen atoms in total. The zero-order valence-corrected chi connectivity index (χ0v) is 10.3. The minimum Gasteiger partial charge on any atom is -0.394 e. The Morgan fingerprint density at radius 3 is 2.67 bits per heavy atom. The first-order chi connectivity index (χ1) is 8.57. The Morgan fingerprint density at radius 1 is 1.33 bits per heavy atom. The van der Waals surface area contributed by atoms with Gasteiger partial charge in [-0.25, -0.2) is 8.42 Å². The number of pyridine rings is 1. The molecule has 0 amide bonds. The molecule has 2 aromatic heterocycles. The molecule has 0 atom stereocenters. The molecule has 4 N–H and O–H groups in total. The van der Waals surface area contributed by atoms with Gasteiger partial charge in [0.15, 0.2) is 5.82 Å². The standard InChI is InChI=1S/C10H13N5O2S/c11-9-7-13-14-10(9)15-18(16,17)6-3-8-1-4-12-5-2-8/h1-2,4-5,7H,3,6,11H2,(H2,13,14,15). The van der Waals surface area contributed by atoms with Crippen molar-refractivity contribution in [1.29, 1.82) is 0 Å². The van der Waals surface area contributed by atoms with Crippen molar-refractivity contribution in [3.05, 3.63) is 36.3 Å². The number of nitrogens with zero attached hydrogens (tertiary/aromatic N) is 2. The molecule has 2 rings (SSSR count). The fourth-order valence-electron chi connectivity index (χ4n) is 1.39. The van der Waals surface area contributed by atoms with Gasteiger partial charge in [-0.05, 0) is 24.1 Å². The van der Waals surface area contributed by atoms with Gasteiger partial charge in [0.1, 0.15) is 0 Å². The van der Waals surface area contributed by atoms with Crippen LogP contribution in [0.2, 0.25) is 0 Å². The van der Waals surface area contributed by atoms with Crippen LogP contribution in [0.15, 0.2) is 30.7 Å². The van der Waals surface area contributed by atoms with E-state index in [2.05, 4.69) is 19.9 Å². The summed E-state index contributed by atoms with van der Waals surface area (Å²) < 4.78 is 25.9. The van der Waals surface area contributed by atoms with Gasteiger partial charge in [0.25, 0.3) is 0 Å². The molecule has 2 heterocycles. The Bertz CT molecular complexity index is 608. The van der Waals surface area contributed by atoms with E-state index in [0.29, 0.717) is 6.42 Å². The predicted octanol–water partition coefficient (Wildman–Crippen LogP) is 0.371. The van der Waals surface area contributed by atoms with Crippen molar-refractivity contribution in [2.24, 2.45) is 0 Å². The van der Waals surface area contributed by atoms with Crippen LogP contribution in [0.25, 0.3) is 0 Å². The van der Waals surface area contributed by atoms with Gasteiger partial charge in [0.05, 0.1) is 17.6 Å². The van der Waals surface area contributed by atoms with Gasteiger partial charge in [-0.3, -0.25) is 14.8 Å². The number of nitrogen functional groups attached to an aromatic ring is 1. The van der Waals surface area contributed by atoms with E-state index in [1.165, 1.54) is 6.20 Å². The van der Waals surface area contributed by atoms with Crippen LogP contribution >= 0.6 is 0 Å². The highest BCUT2D eigenvalue weighted by Crippen LogP contribution is 2.14. The Morgan fingerprint density at radius 2 is 2.06 bits per heavy atom. The van der Waals surface area contributed by atoms with Crippen LogP contribution in [0, 0.1) is 0 Å². The molecule has 18 heavy (non-hydrogen) atoms. The number of sulfonamides is 1. The number of H-pyrrole nitrogens is 1. The van der Waals surface area contributed by atoms with Crippen molar-refractivity contribution in [1.82, 2.24) is 15.2 Å². The SMILES string of the molecule is Nc1cn[nH]c1NS(=O)(=O)CCc1ccncc1. The first-order valence-corrected chi connectivity index (χ1v) is 6.90. The lowest BCUT2D eigenvalue weighted by atomic mass is 10.2. The summed E-state index contributed by atoms with van der Waals surface area (Å²) in [4.78, 5) is 3.87. The Labute approximate surface area is 104 Å². The smallest absolute Gasteiger partial charge is 0.234 e. The number of anilines is 2. The first kappa shape index (κ1) is 12.4. The van der Waals surface area contributed by atoms with Crippen molar-refractivity contribution in [3.8, 4) is 0 Å². The normalized spacial score (nSPS) is 11.3. The number of aromatic amines is 1. The van der Waals surface area contributed by atoms with Crippen molar-refractivity contribution in [2.45, 2.75) is 6.42 Å². The van der Waals surface area contributed by atoms with Crippen LogP contribution in [-0.2, 0) is 16.4 Å². The van der Waals surface area contributed by atoms with Gasteiger partial charge >= 0.3 is 0 Å². The van der Waals surface area contributed by atoms with Crippen molar-refractivity contribution in [2.75, 3.05) is 16.2 Å². The second-order valence-corrected chi connectivity index (χ2v) is 5.57. The summed E-state index contributed by atoms with van der Waals surface area (Å²) in [6.45, 7) is 0. The van der Waals surface area contributed by atoms with E-state index in [-0.39, 0.29) is 17.3 Å². The second kappa shape index (κ2) is 5.05. The number of aryl methyl sites for hydroxylation is 1. The molecule has 2 aromatic rings. The monoisotopic (exact) mass is 267 g/mol. The molecule has 0 bridgehead atoms. The Balaban J connectivity index is 1.98. The molecule has 0 radical (unpaired) electrons. The van der Waals surface area contributed by atoms with Gasteiger partial charge in [-0.1, -0.05) is 0 Å². The maximum Gasteiger partial charge on any atom is 0.234 e. The maximum atomic E-state index is 11.8. The largest absolute Gasteiger partial charge is 0.394 e. The van der Waals surface area contributed by atoms with E-state index in [4.69, 9.17) is 5.73 Å². The molecule has 0 aliphatic rings. The summed E-state index contributed by atoms with van der Waals surface area (Å²) >= 11 is 0. The number of hydrogen-bond acceptors (Lipinski definition) is 5. The van der Waals surface area contributed by atoms with Gasteiger partial charge in [-0.2, -0.15) is 5.10 Å². The molecule has 0 aliphatic heterocycles. The molecular weight excluding hydrogens is 254 g/mol. The number of hydrogen-bond donors (Lipinski definition) is 3. The van der Waals surface area contributed by atoms with E-state index in [1.54, 1.807) is 24.5 Å². The summed E-state index contributed by atoms with van der Waals surface area (Å²) in [5.74, 6) is 0.167. The van der Waals surface area contributed by atoms with Crippen molar-refractivity contribution < 1.29 is 8.42 Å². The quantitative estimate of drug-likeness (QED) is 0.724. The minimum absolute atomic E-state index is 0.0323. The average Bonchev–Trinajstić information content (AvgIpc) is 2.73. The highest BCUT2D eigenvalue weighted by Gasteiger charge is 2.13. The summed E-state index contributed by atoms with van der Waals surface area (Å²) in [5.41, 5.74) is 6.70. The van der Waals surface area contributed by atoms with Crippen LogP contribution in [0.3, 0.4) is 0 Å². The van der Waals surface area contributed by atoms with Crippen LogP contribution in [0.1, 0.15) is 5.56 Å². The molecule has 96 valence electrons. The number of rotatable bonds is 5. The van der Waals surface area contributed by atoms with Crippen LogP contribution in [0.4, 0.5) is 11.5 Å². The molecule has 0 aliphatic carbocycles. The van der Waals surface area contributed by atoms with Crippen LogP contribution in [-0.4, -0.2) is 29.4 Å². The topological polar surface area (TPSA) is 114 Å². The first-order valence-electron chi connectivity index (χ1n) is 5.25. The van der Waals surface area contributed by atoms with Gasteiger partial charge in [0, 0.05) is 12.4 Å². The summed E-state index contributed by atoms with van der Waals surface area (Å²) in [7, 11) is -3.45. The zero-order chi connectivity index (χ0) is 13.0. The lowest BCUT2D eigenvalue weighted by molar-refractivity contribution is 0.600. The molecule has 0 unspecified atom stereocenters. The summed E-state index contributed by atoms with van der Waals surface area (Å²) in [6, 6.07) is 3.56. The van der Waals surface area contributed by atoms with Gasteiger partial charge in [0.2, 0.25) is 10.0 Å². The lowest BCUT2D eigenvalue weighted by Crippen LogP contribution is -2.19. The van der Waals surface area contributed by atoms with E-state index >= 15 is 0 Å². The highest BCUT2D eigenvalue weighted by molar-refractivity contribution is 7.92.